The van der Waals surface area contributed by atoms with Gasteiger partial charge in [0, 0.05) is 18.8 Å². The summed E-state index contributed by atoms with van der Waals surface area (Å²) in [6.07, 6.45) is 0.538. The molecule has 78 valence electrons. The Kier molecular flexibility index (Phi) is 2.54. The molecule has 1 aromatic carbocycles. The van der Waals surface area contributed by atoms with E-state index in [0.717, 1.165) is 5.56 Å². The molecule has 15 heavy (non-hydrogen) atoms. The Morgan fingerprint density at radius 2 is 1.87 bits per heavy atom. The van der Waals surface area contributed by atoms with Crippen LogP contribution in [0, 0.1) is 5.92 Å². The minimum absolute atomic E-state index is 0.0521. The van der Waals surface area contributed by atoms with Crippen LogP contribution in [0.15, 0.2) is 30.3 Å². The lowest BCUT2D eigenvalue weighted by Gasteiger charge is -2.14. The standard InChI is InChI=1S/C12H12O3/c13-9-6-10(11(7-9)12(14)15)8-4-2-1-3-5-8/h1-5,10-11H,6-7H2,(H,14,15)/t10-,11+/m1/s1. The third-order valence-corrected chi connectivity index (χ3v) is 2.93. The van der Waals surface area contributed by atoms with Crippen molar-refractivity contribution in [3.63, 3.8) is 0 Å². The second-order valence-electron chi connectivity index (χ2n) is 3.91. The molecule has 2 atom stereocenters. The van der Waals surface area contributed by atoms with Gasteiger partial charge < -0.3 is 5.11 Å². The van der Waals surface area contributed by atoms with Crippen LogP contribution in [-0.2, 0) is 9.59 Å². The van der Waals surface area contributed by atoms with Crippen LogP contribution in [0.2, 0.25) is 0 Å². The Bertz CT molecular complexity index is 383. The first kappa shape index (κ1) is 9.90. The first-order valence-electron chi connectivity index (χ1n) is 4.98. The number of rotatable bonds is 2. The Hall–Kier alpha value is -1.64. The normalized spacial score (nSPS) is 25.5. The summed E-state index contributed by atoms with van der Waals surface area (Å²) in [6, 6.07) is 9.41. The maximum absolute atomic E-state index is 11.3. The van der Waals surface area contributed by atoms with Crippen LogP contribution < -0.4 is 0 Å². The van der Waals surface area contributed by atoms with Crippen LogP contribution in [0.1, 0.15) is 24.3 Å². The number of hydrogen-bond acceptors (Lipinski definition) is 2. The number of ketones is 1. The fourth-order valence-corrected chi connectivity index (χ4v) is 2.17. The molecule has 0 aliphatic heterocycles. The third-order valence-electron chi connectivity index (χ3n) is 2.93. The van der Waals surface area contributed by atoms with Crippen LogP contribution in [0.25, 0.3) is 0 Å². The van der Waals surface area contributed by atoms with Gasteiger partial charge in [-0.25, -0.2) is 0 Å². The molecule has 1 aliphatic carbocycles. The van der Waals surface area contributed by atoms with Gasteiger partial charge >= 0.3 is 5.97 Å². The van der Waals surface area contributed by atoms with E-state index in [1.165, 1.54) is 0 Å². The molecule has 1 saturated carbocycles. The molecule has 0 bridgehead atoms. The van der Waals surface area contributed by atoms with E-state index in [4.69, 9.17) is 5.11 Å². The van der Waals surface area contributed by atoms with Crippen molar-refractivity contribution in [1.29, 1.82) is 0 Å². The first-order valence-corrected chi connectivity index (χ1v) is 4.98. The maximum Gasteiger partial charge on any atom is 0.307 e. The summed E-state index contributed by atoms with van der Waals surface area (Å²) in [5.74, 6) is -1.50. The number of benzene rings is 1. The molecule has 0 spiro atoms. The second kappa shape index (κ2) is 3.85. The lowest BCUT2D eigenvalue weighted by Crippen LogP contribution is -2.16. The van der Waals surface area contributed by atoms with E-state index in [1.54, 1.807) is 0 Å². The molecule has 0 heterocycles. The van der Waals surface area contributed by atoms with Crippen LogP contribution in [0.4, 0.5) is 0 Å². The van der Waals surface area contributed by atoms with E-state index in [0.29, 0.717) is 6.42 Å². The van der Waals surface area contributed by atoms with Crippen molar-refractivity contribution in [2.24, 2.45) is 5.92 Å². The largest absolute Gasteiger partial charge is 0.481 e. The van der Waals surface area contributed by atoms with E-state index in [1.807, 2.05) is 30.3 Å². The average molecular weight is 204 g/mol. The van der Waals surface area contributed by atoms with Crippen molar-refractivity contribution in [1.82, 2.24) is 0 Å². The molecule has 1 aromatic rings. The Balaban J connectivity index is 2.28. The highest BCUT2D eigenvalue weighted by Gasteiger charge is 2.38. The van der Waals surface area contributed by atoms with Crippen molar-refractivity contribution >= 4 is 11.8 Å². The third kappa shape index (κ3) is 1.91. The number of carbonyl (C=O) groups excluding carboxylic acids is 1. The number of hydrogen-bond donors (Lipinski definition) is 1. The van der Waals surface area contributed by atoms with E-state index in [-0.39, 0.29) is 18.1 Å². The second-order valence-corrected chi connectivity index (χ2v) is 3.91. The van der Waals surface area contributed by atoms with E-state index in [9.17, 15) is 9.59 Å². The summed E-state index contributed by atoms with van der Waals surface area (Å²) >= 11 is 0. The lowest BCUT2D eigenvalue weighted by molar-refractivity contribution is -0.142. The summed E-state index contributed by atoms with van der Waals surface area (Å²) in [4.78, 5) is 22.3. The van der Waals surface area contributed by atoms with Gasteiger partial charge in [-0.2, -0.15) is 0 Å². The van der Waals surface area contributed by atoms with Crippen molar-refractivity contribution in [3.05, 3.63) is 35.9 Å². The molecule has 3 nitrogen and oxygen atoms in total. The van der Waals surface area contributed by atoms with Gasteiger partial charge in [-0.3, -0.25) is 9.59 Å². The van der Waals surface area contributed by atoms with Crippen molar-refractivity contribution in [3.8, 4) is 0 Å². The van der Waals surface area contributed by atoms with Gasteiger partial charge in [-0.15, -0.1) is 0 Å². The summed E-state index contributed by atoms with van der Waals surface area (Å²) < 4.78 is 0. The van der Waals surface area contributed by atoms with Gasteiger partial charge in [0.1, 0.15) is 5.78 Å². The van der Waals surface area contributed by atoms with Crippen LogP contribution in [-0.4, -0.2) is 16.9 Å². The number of carboxylic acid groups (broad SMARTS) is 1. The van der Waals surface area contributed by atoms with E-state index >= 15 is 0 Å². The number of Topliss-reactive ketones (excluding diaryl/α,β-unsaturated/α-hetero) is 1. The fourth-order valence-electron chi connectivity index (χ4n) is 2.17. The van der Waals surface area contributed by atoms with Gasteiger partial charge in [0.25, 0.3) is 0 Å². The van der Waals surface area contributed by atoms with Crippen molar-refractivity contribution < 1.29 is 14.7 Å². The van der Waals surface area contributed by atoms with Crippen LogP contribution in [0.3, 0.4) is 0 Å². The smallest absolute Gasteiger partial charge is 0.307 e. The minimum Gasteiger partial charge on any atom is -0.481 e. The zero-order valence-electron chi connectivity index (χ0n) is 8.22. The molecular formula is C12H12O3. The van der Waals surface area contributed by atoms with Crippen LogP contribution in [0.5, 0.6) is 0 Å². The molecule has 3 heteroatoms. The van der Waals surface area contributed by atoms with Crippen LogP contribution >= 0.6 is 0 Å². The maximum atomic E-state index is 11.3. The molecule has 1 fully saturated rings. The summed E-state index contributed by atoms with van der Waals surface area (Å²) in [5, 5.41) is 9.01. The summed E-state index contributed by atoms with van der Waals surface area (Å²) in [7, 11) is 0. The molecule has 0 aromatic heterocycles. The molecular weight excluding hydrogens is 192 g/mol. The molecule has 0 saturated heterocycles. The molecule has 0 radical (unpaired) electrons. The number of carboxylic acids is 1. The fraction of sp³-hybridized carbons (Fsp3) is 0.333. The molecule has 1 aliphatic rings. The van der Waals surface area contributed by atoms with Gasteiger partial charge in [0.15, 0.2) is 0 Å². The van der Waals surface area contributed by atoms with Crippen molar-refractivity contribution in [2.75, 3.05) is 0 Å². The molecule has 0 amide bonds. The molecule has 0 unspecified atom stereocenters. The molecule has 1 N–H and O–H groups in total. The van der Waals surface area contributed by atoms with Gasteiger partial charge in [0.2, 0.25) is 0 Å². The van der Waals surface area contributed by atoms with Crippen molar-refractivity contribution in [2.45, 2.75) is 18.8 Å². The summed E-state index contributed by atoms with van der Waals surface area (Å²) in [5.41, 5.74) is 0.954. The number of carbonyl (C=O) groups is 2. The average Bonchev–Trinajstić information content (AvgIpc) is 2.62. The zero-order chi connectivity index (χ0) is 10.8. The summed E-state index contributed by atoms with van der Waals surface area (Å²) in [6.45, 7) is 0. The number of aliphatic carboxylic acids is 1. The zero-order valence-corrected chi connectivity index (χ0v) is 8.22. The Morgan fingerprint density at radius 3 is 2.47 bits per heavy atom. The predicted octanol–water partition coefficient (Wildman–Crippen LogP) is 1.83. The van der Waals surface area contributed by atoms with Gasteiger partial charge in [0.05, 0.1) is 5.92 Å². The minimum atomic E-state index is -0.866. The van der Waals surface area contributed by atoms with E-state index < -0.39 is 11.9 Å². The van der Waals surface area contributed by atoms with Gasteiger partial charge in [-0.1, -0.05) is 30.3 Å². The highest BCUT2D eigenvalue weighted by Crippen LogP contribution is 2.37. The highest BCUT2D eigenvalue weighted by atomic mass is 16.4. The lowest BCUT2D eigenvalue weighted by atomic mass is 9.89. The quantitative estimate of drug-likeness (QED) is 0.799. The van der Waals surface area contributed by atoms with E-state index in [2.05, 4.69) is 0 Å². The predicted molar refractivity (Wildman–Crippen MR) is 54.5 cm³/mol. The first-order chi connectivity index (χ1) is 7.18. The Morgan fingerprint density at radius 1 is 1.20 bits per heavy atom. The van der Waals surface area contributed by atoms with Gasteiger partial charge in [-0.05, 0) is 5.56 Å². The molecule has 2 rings (SSSR count). The Labute approximate surface area is 87.7 Å². The monoisotopic (exact) mass is 204 g/mol. The topological polar surface area (TPSA) is 54.4 Å². The highest BCUT2D eigenvalue weighted by molar-refractivity contribution is 5.89. The SMILES string of the molecule is O=C1C[C@H](C(=O)O)[C@@H](c2ccccc2)C1.